The molecule has 0 bridgehead atoms. The highest BCUT2D eigenvalue weighted by atomic mass is 32.2. The Hall–Kier alpha value is -4.64. The van der Waals surface area contributed by atoms with Crippen LogP contribution in [0.4, 0.5) is 13.2 Å². The zero-order chi connectivity index (χ0) is 35.2. The topological polar surface area (TPSA) is 189 Å². The summed E-state index contributed by atoms with van der Waals surface area (Å²) in [6, 6.07) is 12.3. The molecule has 0 spiro atoms. The number of hydrogen-bond donors (Lipinski definition) is 3. The third-order valence-electron chi connectivity index (χ3n) is 5.02. The maximum absolute atomic E-state index is 12.2. The number of carbonyl (C=O) groups is 1. The van der Waals surface area contributed by atoms with Crippen molar-refractivity contribution in [2.24, 2.45) is 0 Å². The molecule has 5 aromatic rings. The largest absolute Gasteiger partial charge is 0.534 e. The van der Waals surface area contributed by atoms with E-state index in [1.54, 1.807) is 49.1 Å². The van der Waals surface area contributed by atoms with Gasteiger partial charge in [0.15, 0.2) is 0 Å². The van der Waals surface area contributed by atoms with Gasteiger partial charge in [-0.25, -0.2) is 9.97 Å². The minimum atomic E-state index is -5.71. The number of alkyl halides is 3. The fourth-order valence-electron chi connectivity index (χ4n) is 2.66. The zero-order valence-corrected chi connectivity index (χ0v) is 27.9. The Labute approximate surface area is 280 Å². The average Bonchev–Trinajstić information content (AvgIpc) is 3.58. The lowest BCUT2D eigenvalue weighted by Gasteiger charge is -2.07. The van der Waals surface area contributed by atoms with E-state index in [-0.39, 0.29) is 10.8 Å². The number of aromatic nitrogens is 5. The highest BCUT2D eigenvalue weighted by Gasteiger charge is 2.49. The van der Waals surface area contributed by atoms with E-state index in [9.17, 15) is 31.5 Å². The lowest BCUT2D eigenvalue weighted by Crippen LogP contribution is -2.28. The fourth-order valence-corrected chi connectivity index (χ4v) is 4.84. The van der Waals surface area contributed by atoms with Crippen LogP contribution in [0, 0.1) is 25.2 Å². The minimum Gasteiger partial charge on any atom is -0.492 e. The number of aromatic hydroxyl groups is 1. The predicted octanol–water partition coefficient (Wildman–Crippen LogP) is 6.30. The van der Waals surface area contributed by atoms with Gasteiger partial charge in [0.1, 0.15) is 10.0 Å². The van der Waals surface area contributed by atoms with Crippen molar-refractivity contribution in [1.29, 1.82) is 5.26 Å². The third-order valence-corrected chi connectivity index (χ3v) is 8.19. The van der Waals surface area contributed by atoms with E-state index < -0.39 is 32.7 Å². The van der Waals surface area contributed by atoms with E-state index in [1.165, 1.54) is 37.6 Å². The first kappa shape index (κ1) is 38.5. The van der Waals surface area contributed by atoms with Crippen molar-refractivity contribution >= 4 is 51.4 Å². The Morgan fingerprint density at radius 2 is 1.30 bits per heavy atom. The normalized spacial score (nSPS) is 11.2. The van der Waals surface area contributed by atoms with Gasteiger partial charge in [-0.3, -0.25) is 19.7 Å². The van der Waals surface area contributed by atoms with E-state index in [0.29, 0.717) is 16.1 Å². The molecule has 19 heteroatoms. The van der Waals surface area contributed by atoms with Gasteiger partial charge >= 0.3 is 21.6 Å². The van der Waals surface area contributed by atoms with Crippen LogP contribution in [-0.2, 0) is 14.9 Å². The van der Waals surface area contributed by atoms with Crippen LogP contribution in [0.25, 0.3) is 21.1 Å². The number of thiol groups is 1. The van der Waals surface area contributed by atoms with Crippen molar-refractivity contribution in [3.05, 3.63) is 88.9 Å². The van der Waals surface area contributed by atoms with Gasteiger partial charge in [-0.05, 0) is 57.2 Å². The molecule has 12 nitrogen and oxygen atoms in total. The Balaban J connectivity index is 0.000000243. The molecule has 0 saturated heterocycles. The highest BCUT2D eigenvalue weighted by Crippen LogP contribution is 2.34. The number of aliphatic carboxylic acids is 1. The molecule has 0 aliphatic heterocycles. The van der Waals surface area contributed by atoms with Crippen LogP contribution in [-0.4, -0.2) is 60.3 Å². The zero-order valence-electron chi connectivity index (χ0n) is 24.5. The molecule has 0 aliphatic carbocycles. The van der Waals surface area contributed by atoms with Crippen molar-refractivity contribution in [3.63, 3.8) is 0 Å². The summed E-state index contributed by atoms with van der Waals surface area (Å²) in [6.45, 7) is 4.77. The lowest BCUT2D eigenvalue weighted by molar-refractivity contribution is -0.136. The summed E-state index contributed by atoms with van der Waals surface area (Å²) in [7, 11) is -5.71. The quantitative estimate of drug-likeness (QED) is 0.104. The Bertz CT molecular complexity index is 1850. The lowest BCUT2D eigenvalue weighted by atomic mass is 10.3. The molecule has 47 heavy (non-hydrogen) atoms. The summed E-state index contributed by atoms with van der Waals surface area (Å²) in [5, 5.41) is 26.1. The summed E-state index contributed by atoms with van der Waals surface area (Å²) in [4.78, 5) is 29.9. The first-order valence-corrected chi connectivity index (χ1v) is 16.3. The van der Waals surface area contributed by atoms with Gasteiger partial charge < -0.3 is 14.4 Å². The maximum Gasteiger partial charge on any atom is 0.534 e. The fraction of sp³-hybridized carbons (Fsp3) is 0.179. The minimum absolute atomic E-state index is 0.122. The standard InChI is InChI=1S/C10H7F3N2O3S2.C9H8N2OS.C6H4N2.C3H6O2S/c1-6-8(18-20(16,17)10(11,12)13)15-9(19-6)7-2-4-14-5-3-7;1-6-8(12)11-9(13-6)7-2-4-10-5-3-7;7-5-6-1-3-8-4-2-6;1-2(6)3(4)5/h2-5H,1H3;2-5,12H,1H3;1-4H;2,6H,1H3,(H,4,5). The second-order valence-corrected chi connectivity index (χ2v) is 13.3. The van der Waals surface area contributed by atoms with Crippen LogP contribution in [0.2, 0.25) is 0 Å². The van der Waals surface area contributed by atoms with Crippen molar-refractivity contribution in [3.8, 4) is 39.0 Å². The van der Waals surface area contributed by atoms with Gasteiger partial charge in [0, 0.05) is 48.3 Å². The molecule has 2 N–H and O–H groups in total. The second kappa shape index (κ2) is 17.9. The average molecular weight is 727 g/mol. The summed E-state index contributed by atoms with van der Waals surface area (Å²) in [5.41, 5.74) is -3.24. The number of nitrogens with zero attached hydrogens (tertiary/aromatic N) is 6. The Morgan fingerprint density at radius 1 is 0.894 bits per heavy atom. The van der Waals surface area contributed by atoms with Gasteiger partial charge in [-0.2, -0.15) is 39.5 Å². The summed E-state index contributed by atoms with van der Waals surface area (Å²) in [5.74, 6) is -1.32. The van der Waals surface area contributed by atoms with Crippen molar-refractivity contribution in [1.82, 2.24) is 24.9 Å². The van der Waals surface area contributed by atoms with E-state index >= 15 is 0 Å². The molecule has 5 rings (SSSR count). The molecule has 0 aromatic carbocycles. The molecular weight excluding hydrogens is 702 g/mol. The van der Waals surface area contributed by atoms with E-state index in [1.807, 2.05) is 25.1 Å². The molecule has 0 radical (unpaired) electrons. The van der Waals surface area contributed by atoms with Crippen molar-refractivity contribution < 1.29 is 40.8 Å². The molecule has 0 fully saturated rings. The molecule has 0 aliphatic rings. The van der Waals surface area contributed by atoms with E-state index in [4.69, 9.17) is 10.4 Å². The van der Waals surface area contributed by atoms with Crippen LogP contribution >= 0.6 is 35.3 Å². The number of carboxylic acids is 1. The van der Waals surface area contributed by atoms with Gasteiger partial charge in [0.05, 0.1) is 26.6 Å². The summed E-state index contributed by atoms with van der Waals surface area (Å²) in [6.07, 6.45) is 9.58. The third kappa shape index (κ3) is 12.6. The molecule has 1 atom stereocenters. The summed E-state index contributed by atoms with van der Waals surface area (Å²) >= 11 is 6.10. The number of pyridine rings is 3. The summed E-state index contributed by atoms with van der Waals surface area (Å²) < 4.78 is 62.6. The number of nitriles is 1. The maximum atomic E-state index is 12.2. The predicted molar refractivity (Wildman–Crippen MR) is 172 cm³/mol. The number of thiazole rings is 2. The van der Waals surface area contributed by atoms with Gasteiger partial charge in [-0.15, -0.1) is 22.7 Å². The van der Waals surface area contributed by atoms with Crippen molar-refractivity contribution in [2.45, 2.75) is 31.5 Å². The van der Waals surface area contributed by atoms with Crippen LogP contribution in [0.1, 0.15) is 22.2 Å². The first-order valence-electron chi connectivity index (χ1n) is 12.7. The highest BCUT2D eigenvalue weighted by molar-refractivity contribution is 7.88. The number of carboxylic acid groups (broad SMARTS) is 1. The monoisotopic (exact) mass is 726 g/mol. The molecular formula is C28H25F3N6O6S4. The number of hydrogen-bond acceptors (Lipinski definition) is 14. The molecule has 0 amide bonds. The van der Waals surface area contributed by atoms with Crippen LogP contribution in [0.3, 0.4) is 0 Å². The van der Waals surface area contributed by atoms with Crippen molar-refractivity contribution in [2.75, 3.05) is 0 Å². The van der Waals surface area contributed by atoms with Gasteiger partial charge in [0.2, 0.25) is 11.8 Å². The molecule has 0 saturated carbocycles. The first-order chi connectivity index (χ1) is 22.1. The molecule has 5 heterocycles. The van der Waals surface area contributed by atoms with E-state index in [0.717, 1.165) is 26.8 Å². The van der Waals surface area contributed by atoms with E-state index in [2.05, 4.69) is 41.7 Å². The molecule has 248 valence electrons. The van der Waals surface area contributed by atoms with Crippen LogP contribution in [0.15, 0.2) is 73.6 Å². The number of halogens is 3. The van der Waals surface area contributed by atoms with Gasteiger partial charge in [-0.1, -0.05) is 0 Å². The molecule has 5 aromatic heterocycles. The number of rotatable bonds is 5. The van der Waals surface area contributed by atoms with Crippen LogP contribution < -0.4 is 4.18 Å². The SMILES string of the molecule is CC(S)C(=O)O.Cc1sc(-c2ccncc2)nc1O.Cc1sc(-c2ccncc2)nc1OS(=O)(=O)C(F)(F)F.N#Cc1ccncc1. The Morgan fingerprint density at radius 3 is 1.64 bits per heavy atom. The van der Waals surface area contributed by atoms with Gasteiger partial charge in [0.25, 0.3) is 0 Å². The second-order valence-electron chi connectivity index (χ2n) is 8.60. The number of aryl methyl sites for hydroxylation is 2. The Kier molecular flexibility index (Phi) is 14.7. The van der Waals surface area contributed by atoms with Crippen LogP contribution in [0.5, 0.6) is 11.8 Å². The molecule has 1 unspecified atom stereocenters. The smallest absolute Gasteiger partial charge is 0.492 e.